The van der Waals surface area contributed by atoms with Crippen molar-refractivity contribution in [3.63, 3.8) is 0 Å². The van der Waals surface area contributed by atoms with Gasteiger partial charge in [0.05, 0.1) is 17.6 Å². The van der Waals surface area contributed by atoms with Gasteiger partial charge in [0.2, 0.25) is 0 Å². The summed E-state index contributed by atoms with van der Waals surface area (Å²) < 4.78 is 1.76. The van der Waals surface area contributed by atoms with Crippen LogP contribution in [0.3, 0.4) is 0 Å². The van der Waals surface area contributed by atoms with Gasteiger partial charge in [0.1, 0.15) is 11.6 Å². The highest BCUT2D eigenvalue weighted by Crippen LogP contribution is 2.33. The molecular formula is C18H23N7. The molecule has 0 radical (unpaired) electrons. The van der Waals surface area contributed by atoms with E-state index in [0.29, 0.717) is 17.8 Å². The van der Waals surface area contributed by atoms with Crippen molar-refractivity contribution in [2.24, 2.45) is 5.73 Å². The van der Waals surface area contributed by atoms with Gasteiger partial charge in [0, 0.05) is 24.2 Å². The van der Waals surface area contributed by atoms with Crippen LogP contribution in [0.25, 0.3) is 5.65 Å². The first kappa shape index (κ1) is 15.8. The van der Waals surface area contributed by atoms with Crippen LogP contribution in [0.2, 0.25) is 0 Å². The number of hydrogen-bond acceptors (Lipinski definition) is 6. The summed E-state index contributed by atoms with van der Waals surface area (Å²) in [6.07, 6.45) is 8.05. The summed E-state index contributed by atoms with van der Waals surface area (Å²) in [7, 11) is 0. The van der Waals surface area contributed by atoms with Gasteiger partial charge >= 0.3 is 0 Å². The van der Waals surface area contributed by atoms with Gasteiger partial charge in [0.15, 0.2) is 5.65 Å². The highest BCUT2D eigenvalue weighted by Gasteiger charge is 2.23. The van der Waals surface area contributed by atoms with E-state index in [9.17, 15) is 0 Å². The number of hydrogen-bond donors (Lipinski definition) is 3. The molecule has 4 rings (SSSR count). The van der Waals surface area contributed by atoms with E-state index in [0.717, 1.165) is 54.1 Å². The Kier molecular flexibility index (Phi) is 4.01. The average Bonchev–Trinajstić information content (AvgIpc) is 3.01. The molecule has 1 fully saturated rings. The Morgan fingerprint density at radius 1 is 1.20 bits per heavy atom. The molecule has 0 aromatic carbocycles. The Morgan fingerprint density at radius 3 is 2.72 bits per heavy atom. The van der Waals surface area contributed by atoms with E-state index in [4.69, 9.17) is 16.5 Å². The number of rotatable bonds is 3. The molecule has 0 aliphatic heterocycles. The molecule has 0 saturated heterocycles. The Labute approximate surface area is 146 Å². The van der Waals surface area contributed by atoms with E-state index < -0.39 is 0 Å². The predicted octanol–water partition coefficient (Wildman–Crippen LogP) is 2.74. The van der Waals surface area contributed by atoms with Gasteiger partial charge in [-0.2, -0.15) is 0 Å². The summed E-state index contributed by atoms with van der Waals surface area (Å²) in [5.41, 5.74) is 15.7. The van der Waals surface area contributed by atoms with Crippen LogP contribution in [0, 0.1) is 6.92 Å². The van der Waals surface area contributed by atoms with Gasteiger partial charge in [-0.25, -0.2) is 14.5 Å². The van der Waals surface area contributed by atoms with Crippen LogP contribution in [-0.2, 0) is 0 Å². The topological polar surface area (TPSA) is 107 Å². The fourth-order valence-corrected chi connectivity index (χ4v) is 3.40. The molecule has 130 valence electrons. The fraction of sp³-hybridized carbons (Fsp3) is 0.389. The number of nitrogens with two attached hydrogens (primary N) is 2. The van der Waals surface area contributed by atoms with Crippen molar-refractivity contribution in [1.82, 2.24) is 19.6 Å². The number of nitrogens with one attached hydrogen (secondary N) is 1. The summed E-state index contributed by atoms with van der Waals surface area (Å²) in [6, 6.07) is 6.07. The first-order valence-electron chi connectivity index (χ1n) is 8.69. The van der Waals surface area contributed by atoms with Gasteiger partial charge in [-0.05, 0) is 44.2 Å². The molecule has 0 bridgehead atoms. The number of nitrogens with zero attached hydrogens (tertiary/aromatic N) is 4. The smallest absolute Gasteiger partial charge is 0.177 e. The molecule has 1 aliphatic rings. The lowest BCUT2D eigenvalue weighted by Crippen LogP contribution is -2.25. The van der Waals surface area contributed by atoms with Crippen LogP contribution in [-0.4, -0.2) is 25.6 Å². The standard InChI is InChI=1S/C18H23N7/c1-11-2-7-17(21-9-11)22-14-8-16(20)24-25-10-15(23-18(14)25)12-3-5-13(19)6-4-12/h2,7-10,12-13H,3-6,19H2,1H3,(H2,20,24)(H,21,22). The van der Waals surface area contributed by atoms with Gasteiger partial charge < -0.3 is 16.8 Å². The van der Waals surface area contributed by atoms with Crippen molar-refractivity contribution in [2.45, 2.75) is 44.6 Å². The van der Waals surface area contributed by atoms with E-state index in [1.165, 1.54) is 0 Å². The van der Waals surface area contributed by atoms with Crippen LogP contribution in [0.5, 0.6) is 0 Å². The molecule has 7 nitrogen and oxygen atoms in total. The molecule has 3 aromatic heterocycles. The summed E-state index contributed by atoms with van der Waals surface area (Å²) in [5.74, 6) is 1.64. The fourth-order valence-electron chi connectivity index (χ4n) is 3.40. The number of pyridine rings is 1. The zero-order chi connectivity index (χ0) is 17.4. The summed E-state index contributed by atoms with van der Waals surface area (Å²) in [6.45, 7) is 2.01. The molecule has 7 heteroatoms. The maximum atomic E-state index is 6.02. The molecule has 0 spiro atoms. The van der Waals surface area contributed by atoms with Crippen LogP contribution in [0.4, 0.5) is 17.3 Å². The lowest BCUT2D eigenvalue weighted by atomic mass is 9.85. The molecule has 0 amide bonds. The number of anilines is 3. The van der Waals surface area contributed by atoms with Crippen molar-refractivity contribution < 1.29 is 0 Å². The molecular weight excluding hydrogens is 314 g/mol. The Hall–Kier alpha value is -2.67. The van der Waals surface area contributed by atoms with E-state index >= 15 is 0 Å². The van der Waals surface area contributed by atoms with Crippen LogP contribution < -0.4 is 16.8 Å². The predicted molar refractivity (Wildman–Crippen MR) is 98.8 cm³/mol. The zero-order valence-electron chi connectivity index (χ0n) is 14.3. The molecule has 1 saturated carbocycles. The largest absolute Gasteiger partial charge is 0.382 e. The minimum atomic E-state index is 0.326. The highest BCUT2D eigenvalue weighted by molar-refractivity contribution is 5.74. The quantitative estimate of drug-likeness (QED) is 0.678. The van der Waals surface area contributed by atoms with Crippen LogP contribution in [0.1, 0.15) is 42.9 Å². The number of fused-ring (bicyclic) bond motifs is 1. The van der Waals surface area contributed by atoms with Gasteiger partial charge in [-0.15, -0.1) is 5.10 Å². The third-order valence-corrected chi connectivity index (χ3v) is 4.83. The van der Waals surface area contributed by atoms with Crippen LogP contribution in [0.15, 0.2) is 30.6 Å². The summed E-state index contributed by atoms with van der Waals surface area (Å²) in [4.78, 5) is 9.22. The molecule has 0 unspecified atom stereocenters. The van der Waals surface area contributed by atoms with E-state index in [2.05, 4.69) is 15.4 Å². The first-order valence-corrected chi connectivity index (χ1v) is 8.69. The molecule has 1 aliphatic carbocycles. The minimum Gasteiger partial charge on any atom is -0.382 e. The molecule has 3 aromatic rings. The SMILES string of the molecule is Cc1ccc(Nc2cc(N)nn3cc(C4CCC(N)CC4)nc23)nc1. The first-order chi connectivity index (χ1) is 12.1. The molecule has 5 N–H and O–H groups in total. The van der Waals surface area contributed by atoms with Gasteiger partial charge in [0.25, 0.3) is 0 Å². The lowest BCUT2D eigenvalue weighted by Gasteiger charge is -2.24. The van der Waals surface area contributed by atoms with Gasteiger partial charge in [-0.3, -0.25) is 0 Å². The number of aryl methyl sites for hydroxylation is 1. The van der Waals surface area contributed by atoms with Crippen molar-refractivity contribution >= 4 is 23.0 Å². The second-order valence-electron chi connectivity index (χ2n) is 6.87. The second kappa shape index (κ2) is 6.33. The Bertz CT molecular complexity index is 876. The third kappa shape index (κ3) is 3.28. The number of aromatic nitrogens is 4. The van der Waals surface area contributed by atoms with E-state index in [1.54, 1.807) is 10.6 Å². The maximum absolute atomic E-state index is 6.02. The van der Waals surface area contributed by atoms with Crippen molar-refractivity contribution in [2.75, 3.05) is 11.1 Å². The average molecular weight is 337 g/mol. The normalized spacial score (nSPS) is 20.7. The Morgan fingerprint density at radius 2 is 2.00 bits per heavy atom. The molecule has 0 atom stereocenters. The molecule has 25 heavy (non-hydrogen) atoms. The van der Waals surface area contributed by atoms with Crippen molar-refractivity contribution in [3.05, 3.63) is 41.9 Å². The highest BCUT2D eigenvalue weighted by atomic mass is 15.3. The Balaban J connectivity index is 1.68. The van der Waals surface area contributed by atoms with Crippen molar-refractivity contribution in [1.29, 1.82) is 0 Å². The monoisotopic (exact) mass is 337 g/mol. The zero-order valence-corrected chi connectivity index (χ0v) is 14.3. The van der Waals surface area contributed by atoms with E-state index in [-0.39, 0.29) is 0 Å². The second-order valence-corrected chi connectivity index (χ2v) is 6.87. The molecule has 3 heterocycles. The van der Waals surface area contributed by atoms with Gasteiger partial charge in [-0.1, -0.05) is 6.07 Å². The summed E-state index contributed by atoms with van der Waals surface area (Å²) in [5, 5.41) is 7.67. The maximum Gasteiger partial charge on any atom is 0.177 e. The third-order valence-electron chi connectivity index (χ3n) is 4.83. The number of nitrogen functional groups attached to an aromatic ring is 1. The minimum absolute atomic E-state index is 0.326. The lowest BCUT2D eigenvalue weighted by molar-refractivity contribution is 0.391. The van der Waals surface area contributed by atoms with Crippen molar-refractivity contribution in [3.8, 4) is 0 Å². The van der Waals surface area contributed by atoms with E-state index in [1.807, 2.05) is 31.5 Å². The van der Waals surface area contributed by atoms with Crippen LogP contribution >= 0.6 is 0 Å². The summed E-state index contributed by atoms with van der Waals surface area (Å²) >= 11 is 0. The number of imidazole rings is 1.